The third-order valence-electron chi connectivity index (χ3n) is 2.83. The Morgan fingerprint density at radius 1 is 1.27 bits per heavy atom. The van der Waals surface area contributed by atoms with Crippen LogP contribution in [-0.2, 0) is 10.0 Å². The zero-order valence-electron chi connectivity index (χ0n) is 8.71. The molecule has 0 saturated heterocycles. The maximum atomic E-state index is 11.6. The van der Waals surface area contributed by atoms with Gasteiger partial charge in [0.15, 0.2) is 0 Å². The van der Waals surface area contributed by atoms with Crippen LogP contribution >= 0.6 is 11.6 Å². The molecular weight excluding hydrogens is 238 g/mol. The van der Waals surface area contributed by atoms with E-state index < -0.39 is 15.6 Å². The second-order valence-corrected chi connectivity index (χ2v) is 6.33. The fourth-order valence-corrected chi connectivity index (χ4v) is 3.85. The number of aliphatic hydroxyl groups excluding tert-OH is 1. The largest absolute Gasteiger partial charge is 0.394 e. The van der Waals surface area contributed by atoms with Crippen molar-refractivity contribution in [2.45, 2.75) is 37.6 Å². The summed E-state index contributed by atoms with van der Waals surface area (Å²) < 4.78 is 25.7. The van der Waals surface area contributed by atoms with Crippen molar-refractivity contribution in [2.24, 2.45) is 0 Å². The number of aliphatic hydroxyl groups is 1. The maximum Gasteiger partial charge on any atom is 0.213 e. The predicted molar refractivity (Wildman–Crippen MR) is 60.5 cm³/mol. The zero-order valence-corrected chi connectivity index (χ0v) is 10.3. The minimum absolute atomic E-state index is 0.0802. The van der Waals surface area contributed by atoms with E-state index in [4.69, 9.17) is 11.6 Å². The number of sulfonamides is 1. The topological polar surface area (TPSA) is 66.4 Å². The Hall–Kier alpha value is 0.160. The number of halogens is 1. The molecule has 0 bridgehead atoms. The predicted octanol–water partition coefficient (Wildman–Crippen LogP) is 0.840. The normalized spacial score (nSPS) is 21.5. The highest BCUT2D eigenvalue weighted by Crippen LogP contribution is 2.28. The Morgan fingerprint density at radius 2 is 1.87 bits per heavy atom. The summed E-state index contributed by atoms with van der Waals surface area (Å²) >= 11 is 5.41. The number of nitrogens with one attached hydrogen (secondary N) is 1. The van der Waals surface area contributed by atoms with Gasteiger partial charge in [0.2, 0.25) is 10.0 Å². The average molecular weight is 256 g/mol. The van der Waals surface area contributed by atoms with E-state index >= 15 is 0 Å². The Kier molecular flexibility index (Phi) is 4.83. The van der Waals surface area contributed by atoms with Crippen molar-refractivity contribution >= 4 is 21.6 Å². The fourth-order valence-electron chi connectivity index (χ4n) is 2.00. The first-order valence-electron chi connectivity index (χ1n) is 5.22. The molecule has 0 aromatic rings. The van der Waals surface area contributed by atoms with E-state index in [0.717, 1.165) is 19.3 Å². The van der Waals surface area contributed by atoms with Gasteiger partial charge in [-0.25, -0.2) is 13.1 Å². The van der Waals surface area contributed by atoms with Crippen LogP contribution in [0.15, 0.2) is 0 Å². The number of rotatable bonds is 5. The summed E-state index contributed by atoms with van der Waals surface area (Å²) in [6, 6.07) is 0. The number of hydrogen-bond acceptors (Lipinski definition) is 3. The van der Waals surface area contributed by atoms with E-state index in [-0.39, 0.29) is 18.2 Å². The van der Waals surface area contributed by atoms with Crippen molar-refractivity contribution in [3.05, 3.63) is 0 Å². The van der Waals surface area contributed by atoms with Gasteiger partial charge in [-0.2, -0.15) is 0 Å². The molecule has 6 heteroatoms. The Morgan fingerprint density at radius 3 is 2.33 bits per heavy atom. The van der Waals surface area contributed by atoms with Gasteiger partial charge in [-0.05, 0) is 12.8 Å². The van der Waals surface area contributed by atoms with Crippen molar-refractivity contribution in [1.29, 1.82) is 0 Å². The van der Waals surface area contributed by atoms with Crippen LogP contribution in [-0.4, -0.2) is 37.3 Å². The van der Waals surface area contributed by atoms with Gasteiger partial charge < -0.3 is 5.11 Å². The van der Waals surface area contributed by atoms with E-state index in [0.29, 0.717) is 12.8 Å². The number of alkyl halides is 1. The molecule has 15 heavy (non-hydrogen) atoms. The van der Waals surface area contributed by atoms with Crippen LogP contribution < -0.4 is 4.72 Å². The standard InChI is InChI=1S/C9H18ClNO3S/c10-6-7-15(13,14)11-9(8-12)4-2-1-3-5-9/h11-12H,1-8H2. The van der Waals surface area contributed by atoms with E-state index in [1.165, 1.54) is 0 Å². The van der Waals surface area contributed by atoms with Crippen molar-refractivity contribution in [3.8, 4) is 0 Å². The van der Waals surface area contributed by atoms with Gasteiger partial charge in [0.05, 0.1) is 17.9 Å². The summed E-state index contributed by atoms with van der Waals surface area (Å²) in [4.78, 5) is 0. The molecule has 1 saturated carbocycles. The highest BCUT2D eigenvalue weighted by atomic mass is 35.5. The van der Waals surface area contributed by atoms with Crippen molar-refractivity contribution < 1.29 is 13.5 Å². The summed E-state index contributed by atoms with van der Waals surface area (Å²) in [7, 11) is -3.34. The molecular formula is C9H18ClNO3S. The lowest BCUT2D eigenvalue weighted by Crippen LogP contribution is -2.53. The van der Waals surface area contributed by atoms with Gasteiger partial charge in [-0.15, -0.1) is 11.6 Å². The second-order valence-electron chi connectivity index (χ2n) is 4.11. The molecule has 0 aliphatic heterocycles. The lowest BCUT2D eigenvalue weighted by molar-refractivity contribution is 0.142. The van der Waals surface area contributed by atoms with Gasteiger partial charge in [-0.3, -0.25) is 0 Å². The first-order valence-corrected chi connectivity index (χ1v) is 7.41. The van der Waals surface area contributed by atoms with Gasteiger partial charge in [-0.1, -0.05) is 19.3 Å². The summed E-state index contributed by atoms with van der Waals surface area (Å²) in [5.41, 5.74) is -0.636. The molecule has 2 N–H and O–H groups in total. The molecule has 0 unspecified atom stereocenters. The molecule has 0 aromatic heterocycles. The summed E-state index contributed by atoms with van der Waals surface area (Å²) in [5.74, 6) is -0.00680. The van der Waals surface area contributed by atoms with E-state index in [2.05, 4.69) is 4.72 Å². The van der Waals surface area contributed by atoms with Crippen LogP contribution in [0.3, 0.4) is 0 Å². The van der Waals surface area contributed by atoms with Crippen LogP contribution in [0.5, 0.6) is 0 Å². The fraction of sp³-hybridized carbons (Fsp3) is 1.00. The molecule has 1 aliphatic rings. The summed E-state index contributed by atoms with van der Waals surface area (Å²) in [6.07, 6.45) is 4.46. The average Bonchev–Trinajstić information content (AvgIpc) is 2.18. The lowest BCUT2D eigenvalue weighted by atomic mass is 9.83. The molecule has 4 nitrogen and oxygen atoms in total. The molecule has 1 rings (SSSR count). The molecule has 90 valence electrons. The third-order valence-corrected chi connectivity index (χ3v) is 4.73. The van der Waals surface area contributed by atoms with E-state index in [1.807, 2.05) is 0 Å². The Bertz CT molecular complexity index is 286. The summed E-state index contributed by atoms with van der Waals surface area (Å²) in [6.45, 7) is -0.130. The Labute approximate surface area is 96.1 Å². The monoisotopic (exact) mass is 255 g/mol. The van der Waals surface area contributed by atoms with Crippen molar-refractivity contribution in [3.63, 3.8) is 0 Å². The van der Waals surface area contributed by atoms with E-state index in [9.17, 15) is 13.5 Å². The van der Waals surface area contributed by atoms with Crippen molar-refractivity contribution in [1.82, 2.24) is 4.72 Å². The van der Waals surface area contributed by atoms with Crippen LogP contribution in [0, 0.1) is 0 Å². The van der Waals surface area contributed by atoms with Crippen molar-refractivity contribution in [2.75, 3.05) is 18.2 Å². The minimum Gasteiger partial charge on any atom is -0.394 e. The zero-order chi connectivity index (χ0) is 11.4. The van der Waals surface area contributed by atoms with E-state index in [1.54, 1.807) is 0 Å². The first kappa shape index (κ1) is 13.2. The first-order chi connectivity index (χ1) is 7.04. The number of hydrogen-bond donors (Lipinski definition) is 2. The quantitative estimate of drug-likeness (QED) is 0.716. The third kappa shape index (κ3) is 3.90. The molecule has 1 aliphatic carbocycles. The van der Waals surface area contributed by atoms with Crippen LogP contribution in [0.2, 0.25) is 0 Å². The molecule has 0 radical (unpaired) electrons. The SMILES string of the molecule is O=S(=O)(CCCl)NC1(CO)CCCCC1. The van der Waals surface area contributed by atoms with Gasteiger partial charge >= 0.3 is 0 Å². The highest BCUT2D eigenvalue weighted by molar-refractivity contribution is 7.89. The summed E-state index contributed by atoms with van der Waals surface area (Å²) in [5, 5.41) is 9.31. The molecule has 0 spiro atoms. The van der Waals surface area contributed by atoms with Gasteiger partial charge in [0, 0.05) is 5.88 Å². The van der Waals surface area contributed by atoms with Gasteiger partial charge in [0.1, 0.15) is 0 Å². The van der Waals surface area contributed by atoms with Crippen LogP contribution in [0.25, 0.3) is 0 Å². The highest BCUT2D eigenvalue weighted by Gasteiger charge is 2.34. The smallest absolute Gasteiger partial charge is 0.213 e. The molecule has 1 fully saturated rings. The molecule has 0 atom stereocenters. The maximum absolute atomic E-state index is 11.6. The lowest BCUT2D eigenvalue weighted by Gasteiger charge is -2.35. The van der Waals surface area contributed by atoms with Crippen LogP contribution in [0.1, 0.15) is 32.1 Å². The second kappa shape index (κ2) is 5.48. The molecule has 0 amide bonds. The van der Waals surface area contributed by atoms with Gasteiger partial charge in [0.25, 0.3) is 0 Å². The molecule has 0 aromatic carbocycles. The minimum atomic E-state index is -3.34. The van der Waals surface area contributed by atoms with Crippen LogP contribution in [0.4, 0.5) is 0 Å². The molecule has 0 heterocycles. The Balaban J connectivity index is 2.66.